The van der Waals surface area contributed by atoms with Crippen LogP contribution in [0.1, 0.15) is 41.7 Å². The van der Waals surface area contributed by atoms with Gasteiger partial charge in [0.25, 0.3) is 5.91 Å². The highest BCUT2D eigenvalue weighted by Gasteiger charge is 2.21. The maximum atomic E-state index is 12.9. The second-order valence-electron chi connectivity index (χ2n) is 8.64. The van der Waals surface area contributed by atoms with Crippen molar-refractivity contribution in [3.63, 3.8) is 0 Å². The lowest BCUT2D eigenvalue weighted by Crippen LogP contribution is -2.45. The van der Waals surface area contributed by atoms with Crippen LogP contribution in [0.5, 0.6) is 0 Å². The molecule has 0 unspecified atom stereocenters. The molecule has 2 aromatic rings. The maximum Gasteiger partial charge on any atom is 0.409 e. The maximum absolute atomic E-state index is 12.9. The Kier molecular flexibility index (Phi) is 8.80. The van der Waals surface area contributed by atoms with E-state index in [0.717, 1.165) is 37.8 Å². The number of benzene rings is 1. The number of amides is 4. The third kappa shape index (κ3) is 7.45. The second kappa shape index (κ2) is 12.0. The van der Waals surface area contributed by atoms with E-state index in [1.54, 1.807) is 47.5 Å². The summed E-state index contributed by atoms with van der Waals surface area (Å²) in [5.74, 6) is -0.463. The molecule has 0 aliphatic heterocycles. The Morgan fingerprint density at radius 3 is 2.26 bits per heavy atom. The van der Waals surface area contributed by atoms with Crippen LogP contribution in [0.25, 0.3) is 0 Å². The van der Waals surface area contributed by atoms with Gasteiger partial charge in [0.2, 0.25) is 0 Å². The second-order valence-corrected chi connectivity index (χ2v) is 8.64. The van der Waals surface area contributed by atoms with E-state index in [4.69, 9.17) is 5.11 Å². The van der Waals surface area contributed by atoms with Crippen molar-refractivity contribution in [3.8, 4) is 0 Å². The molecule has 1 aliphatic rings. The van der Waals surface area contributed by atoms with Crippen molar-refractivity contribution in [1.82, 2.24) is 20.1 Å². The average Bonchev–Trinajstić information content (AvgIpc) is 3.30. The summed E-state index contributed by atoms with van der Waals surface area (Å²) in [5, 5.41) is 17.0. The molecule has 1 aromatic carbocycles. The van der Waals surface area contributed by atoms with Crippen molar-refractivity contribution in [2.45, 2.75) is 38.3 Å². The van der Waals surface area contributed by atoms with Gasteiger partial charge in [0.15, 0.2) is 0 Å². The van der Waals surface area contributed by atoms with Gasteiger partial charge in [-0.05, 0) is 50.7 Å². The molecular formula is C24H32N6O4. The van der Waals surface area contributed by atoms with Gasteiger partial charge in [0.05, 0.1) is 11.4 Å². The van der Waals surface area contributed by atoms with Crippen LogP contribution in [0.2, 0.25) is 0 Å². The first-order valence-corrected chi connectivity index (χ1v) is 11.4. The highest BCUT2D eigenvalue weighted by atomic mass is 16.4. The summed E-state index contributed by atoms with van der Waals surface area (Å²) in [6.45, 7) is 1.68. The number of pyridine rings is 1. The number of para-hydroxylation sites is 2. The molecule has 0 radical (unpaired) electrons. The van der Waals surface area contributed by atoms with Gasteiger partial charge in [-0.25, -0.2) is 9.59 Å². The molecule has 10 nitrogen and oxygen atoms in total. The Balaban J connectivity index is 1.64. The van der Waals surface area contributed by atoms with Crippen molar-refractivity contribution in [2.75, 3.05) is 37.8 Å². The number of nitrogens with one attached hydrogen (secondary N) is 3. The summed E-state index contributed by atoms with van der Waals surface area (Å²) in [7, 11) is 3.93. The molecule has 0 atom stereocenters. The van der Waals surface area contributed by atoms with Crippen LogP contribution in [-0.4, -0.2) is 71.1 Å². The average molecular weight is 469 g/mol. The Morgan fingerprint density at radius 1 is 1.00 bits per heavy atom. The predicted molar refractivity (Wildman–Crippen MR) is 130 cm³/mol. The number of rotatable bonds is 9. The van der Waals surface area contributed by atoms with E-state index in [2.05, 4.69) is 20.9 Å². The summed E-state index contributed by atoms with van der Waals surface area (Å²) in [5.41, 5.74) is 1.60. The number of hydrogen-bond donors (Lipinski definition) is 4. The molecule has 0 spiro atoms. The van der Waals surface area contributed by atoms with E-state index in [9.17, 15) is 14.4 Å². The predicted octanol–water partition coefficient (Wildman–Crippen LogP) is 3.44. The minimum atomic E-state index is -1.22. The quantitative estimate of drug-likeness (QED) is 0.447. The Hall–Kier alpha value is -3.66. The fourth-order valence-electron chi connectivity index (χ4n) is 3.78. The molecule has 4 N–H and O–H groups in total. The zero-order valence-corrected chi connectivity index (χ0v) is 19.6. The van der Waals surface area contributed by atoms with E-state index in [1.807, 2.05) is 19.0 Å². The lowest BCUT2D eigenvalue weighted by Gasteiger charge is -2.26. The van der Waals surface area contributed by atoms with E-state index in [-0.39, 0.29) is 23.5 Å². The highest BCUT2D eigenvalue weighted by Crippen LogP contribution is 2.22. The number of aromatic nitrogens is 1. The van der Waals surface area contributed by atoms with Crippen molar-refractivity contribution in [2.24, 2.45) is 0 Å². The molecule has 1 heterocycles. The summed E-state index contributed by atoms with van der Waals surface area (Å²) >= 11 is 0. The number of carbonyl (C=O) groups excluding carboxylic acids is 2. The molecule has 0 saturated heterocycles. The van der Waals surface area contributed by atoms with Crippen LogP contribution in [0.4, 0.5) is 21.0 Å². The topological polar surface area (TPSA) is 127 Å². The SMILES string of the molecule is CN(C)CCN(Cc1ccc(C(=O)Nc2ccccc2NC(=O)O)nc1)C(=O)NC1CCCC1. The van der Waals surface area contributed by atoms with Crippen LogP contribution in [0.3, 0.4) is 0 Å². The Labute approximate surface area is 199 Å². The minimum Gasteiger partial charge on any atom is -0.465 e. The third-order valence-corrected chi connectivity index (χ3v) is 5.63. The van der Waals surface area contributed by atoms with Gasteiger partial charge < -0.3 is 25.5 Å². The van der Waals surface area contributed by atoms with Crippen molar-refractivity contribution >= 4 is 29.4 Å². The van der Waals surface area contributed by atoms with E-state index in [1.165, 1.54) is 0 Å². The van der Waals surface area contributed by atoms with E-state index < -0.39 is 12.0 Å². The first-order chi connectivity index (χ1) is 16.3. The monoisotopic (exact) mass is 468 g/mol. The van der Waals surface area contributed by atoms with Crippen LogP contribution in [0, 0.1) is 0 Å². The summed E-state index contributed by atoms with van der Waals surface area (Å²) in [6.07, 6.45) is 4.69. The number of likely N-dealkylation sites (N-methyl/N-ethyl adjacent to an activating group) is 1. The molecule has 1 aliphatic carbocycles. The molecule has 1 fully saturated rings. The molecule has 1 saturated carbocycles. The van der Waals surface area contributed by atoms with Gasteiger partial charge in [-0.3, -0.25) is 15.1 Å². The number of carbonyl (C=O) groups is 3. The molecule has 3 rings (SSSR count). The molecule has 10 heteroatoms. The summed E-state index contributed by atoms with van der Waals surface area (Å²) < 4.78 is 0. The molecule has 1 aromatic heterocycles. The Bertz CT molecular complexity index is 989. The molecule has 182 valence electrons. The number of hydrogen-bond acceptors (Lipinski definition) is 5. The van der Waals surface area contributed by atoms with Crippen LogP contribution < -0.4 is 16.0 Å². The summed E-state index contributed by atoms with van der Waals surface area (Å²) in [6, 6.07) is 10.0. The zero-order chi connectivity index (χ0) is 24.5. The Morgan fingerprint density at radius 2 is 1.68 bits per heavy atom. The van der Waals surface area contributed by atoms with Crippen LogP contribution >= 0.6 is 0 Å². The number of nitrogens with zero attached hydrogens (tertiary/aromatic N) is 3. The van der Waals surface area contributed by atoms with Crippen molar-refractivity contribution in [3.05, 3.63) is 53.9 Å². The molecule has 4 amide bonds. The van der Waals surface area contributed by atoms with Gasteiger partial charge in [-0.1, -0.05) is 31.0 Å². The molecule has 34 heavy (non-hydrogen) atoms. The smallest absolute Gasteiger partial charge is 0.409 e. The summed E-state index contributed by atoms with van der Waals surface area (Å²) in [4.78, 5) is 44.5. The van der Waals surface area contributed by atoms with Crippen LogP contribution in [-0.2, 0) is 6.54 Å². The van der Waals surface area contributed by atoms with E-state index >= 15 is 0 Å². The number of carboxylic acid groups (broad SMARTS) is 1. The normalized spacial score (nSPS) is 13.5. The fraction of sp³-hybridized carbons (Fsp3) is 0.417. The third-order valence-electron chi connectivity index (χ3n) is 5.63. The van der Waals surface area contributed by atoms with Gasteiger partial charge in [0.1, 0.15) is 5.69 Å². The van der Waals surface area contributed by atoms with Gasteiger partial charge in [0, 0.05) is 31.9 Å². The zero-order valence-electron chi connectivity index (χ0n) is 19.6. The van der Waals surface area contributed by atoms with Crippen LogP contribution in [0.15, 0.2) is 42.6 Å². The lowest BCUT2D eigenvalue weighted by atomic mass is 10.2. The first kappa shape index (κ1) is 25.0. The largest absolute Gasteiger partial charge is 0.465 e. The molecular weight excluding hydrogens is 436 g/mol. The fourth-order valence-corrected chi connectivity index (χ4v) is 3.78. The van der Waals surface area contributed by atoms with Gasteiger partial charge in [-0.2, -0.15) is 0 Å². The number of anilines is 2. The minimum absolute atomic E-state index is 0.0851. The number of urea groups is 1. The van der Waals surface area contributed by atoms with Gasteiger partial charge in [-0.15, -0.1) is 0 Å². The highest BCUT2D eigenvalue weighted by molar-refractivity contribution is 6.05. The molecule has 0 bridgehead atoms. The first-order valence-electron chi connectivity index (χ1n) is 11.4. The van der Waals surface area contributed by atoms with Gasteiger partial charge >= 0.3 is 12.1 Å². The van der Waals surface area contributed by atoms with Crippen molar-refractivity contribution in [1.29, 1.82) is 0 Å². The standard InChI is InChI=1S/C24H32N6O4/c1-29(2)13-14-30(23(32)26-18-7-3-4-8-18)16-17-11-12-21(25-15-17)22(31)27-19-9-5-6-10-20(19)28-24(33)34/h5-6,9-12,15,18,28H,3-4,7-8,13-14,16H2,1-2H3,(H,26,32)(H,27,31)(H,33,34). The lowest BCUT2D eigenvalue weighted by molar-refractivity contribution is 0.102. The van der Waals surface area contributed by atoms with E-state index in [0.29, 0.717) is 18.8 Å². The van der Waals surface area contributed by atoms with Crippen molar-refractivity contribution < 1.29 is 19.5 Å².